The molecule has 2 aromatic carbocycles. The average molecular weight is 329 g/mol. The highest BCUT2D eigenvalue weighted by Crippen LogP contribution is 2.16. The number of nitrogens with one attached hydrogen (secondary N) is 1. The van der Waals surface area contributed by atoms with Crippen molar-refractivity contribution >= 4 is 11.9 Å². The molecule has 0 unspecified atom stereocenters. The van der Waals surface area contributed by atoms with E-state index >= 15 is 0 Å². The number of carboxylic acid groups (broad SMARTS) is 1. The number of hydrogen-bond acceptors (Lipinski definition) is 4. The van der Waals surface area contributed by atoms with E-state index in [-0.39, 0.29) is 13.0 Å². The number of rotatable bonds is 8. The van der Waals surface area contributed by atoms with E-state index in [9.17, 15) is 14.7 Å². The molecule has 0 saturated carbocycles. The second-order valence-corrected chi connectivity index (χ2v) is 5.11. The number of carboxylic acids is 1. The Morgan fingerprint density at radius 1 is 1.04 bits per heavy atom. The average Bonchev–Trinajstić information content (AvgIpc) is 2.60. The lowest BCUT2D eigenvalue weighted by Crippen LogP contribution is -2.44. The van der Waals surface area contributed by atoms with Gasteiger partial charge in [0.1, 0.15) is 17.5 Å². The molecular weight excluding hydrogens is 310 g/mol. The molecule has 0 aromatic heterocycles. The van der Waals surface area contributed by atoms with Crippen LogP contribution in [0.2, 0.25) is 0 Å². The van der Waals surface area contributed by atoms with Gasteiger partial charge in [0.05, 0.1) is 7.11 Å². The van der Waals surface area contributed by atoms with Crippen molar-refractivity contribution in [3.05, 3.63) is 60.2 Å². The van der Waals surface area contributed by atoms with E-state index in [2.05, 4.69) is 5.32 Å². The molecule has 1 atom stereocenters. The Bertz CT molecular complexity index is 670. The third-order valence-electron chi connectivity index (χ3n) is 3.35. The van der Waals surface area contributed by atoms with Crippen molar-refractivity contribution in [1.82, 2.24) is 5.32 Å². The second-order valence-electron chi connectivity index (χ2n) is 5.11. The summed E-state index contributed by atoms with van der Waals surface area (Å²) in [4.78, 5) is 23.2. The summed E-state index contributed by atoms with van der Waals surface area (Å²) in [5, 5.41) is 11.7. The SMILES string of the molecule is COc1ccc(OCC(=O)N[C@H](Cc2ccccc2)C(=O)O)cc1. The van der Waals surface area contributed by atoms with E-state index in [4.69, 9.17) is 9.47 Å². The number of aliphatic carboxylic acids is 1. The van der Waals surface area contributed by atoms with Crippen molar-refractivity contribution in [3.63, 3.8) is 0 Å². The number of ether oxygens (including phenoxy) is 2. The molecule has 2 N–H and O–H groups in total. The van der Waals surface area contributed by atoms with Gasteiger partial charge in [-0.05, 0) is 29.8 Å². The lowest BCUT2D eigenvalue weighted by Gasteiger charge is -2.15. The fourth-order valence-corrected chi connectivity index (χ4v) is 2.11. The monoisotopic (exact) mass is 329 g/mol. The molecule has 0 aliphatic rings. The summed E-state index contributed by atoms with van der Waals surface area (Å²) >= 11 is 0. The summed E-state index contributed by atoms with van der Waals surface area (Å²) in [6.45, 7) is -0.259. The maximum absolute atomic E-state index is 11.9. The van der Waals surface area contributed by atoms with Crippen LogP contribution in [-0.4, -0.2) is 36.7 Å². The maximum atomic E-state index is 11.9. The Kier molecular flexibility index (Phi) is 6.19. The molecule has 0 aliphatic heterocycles. The number of carbonyl (C=O) groups excluding carboxylic acids is 1. The summed E-state index contributed by atoms with van der Waals surface area (Å²) in [5.41, 5.74) is 0.835. The molecule has 2 aromatic rings. The molecule has 126 valence electrons. The minimum absolute atomic E-state index is 0.213. The van der Waals surface area contributed by atoms with Gasteiger partial charge in [-0.3, -0.25) is 4.79 Å². The third-order valence-corrected chi connectivity index (χ3v) is 3.35. The van der Waals surface area contributed by atoms with Crippen molar-refractivity contribution in [2.24, 2.45) is 0 Å². The van der Waals surface area contributed by atoms with Crippen LogP contribution < -0.4 is 14.8 Å². The highest BCUT2D eigenvalue weighted by Gasteiger charge is 2.20. The molecule has 0 saturated heterocycles. The fraction of sp³-hybridized carbons (Fsp3) is 0.222. The molecule has 2 rings (SSSR count). The molecule has 1 amide bonds. The molecule has 0 fully saturated rings. The molecule has 0 radical (unpaired) electrons. The normalized spacial score (nSPS) is 11.4. The minimum atomic E-state index is -1.09. The number of hydrogen-bond donors (Lipinski definition) is 2. The van der Waals surface area contributed by atoms with E-state index in [1.807, 2.05) is 30.3 Å². The van der Waals surface area contributed by atoms with Crippen LogP contribution in [0.15, 0.2) is 54.6 Å². The zero-order valence-corrected chi connectivity index (χ0v) is 13.3. The summed E-state index contributed by atoms with van der Waals surface area (Å²) in [6, 6.07) is 14.9. The van der Waals surface area contributed by atoms with Crippen LogP contribution in [0.3, 0.4) is 0 Å². The lowest BCUT2D eigenvalue weighted by molar-refractivity contribution is -0.142. The smallest absolute Gasteiger partial charge is 0.326 e. The molecule has 0 bridgehead atoms. The van der Waals surface area contributed by atoms with Crippen molar-refractivity contribution < 1.29 is 24.2 Å². The van der Waals surface area contributed by atoms with Crippen LogP contribution >= 0.6 is 0 Å². The molecular formula is C18H19NO5. The van der Waals surface area contributed by atoms with Crippen molar-refractivity contribution in [2.45, 2.75) is 12.5 Å². The zero-order chi connectivity index (χ0) is 17.4. The molecule has 24 heavy (non-hydrogen) atoms. The molecule has 6 nitrogen and oxygen atoms in total. The van der Waals surface area contributed by atoms with Crippen LogP contribution in [0.1, 0.15) is 5.56 Å². The first-order valence-electron chi connectivity index (χ1n) is 7.41. The van der Waals surface area contributed by atoms with Gasteiger partial charge in [-0.1, -0.05) is 30.3 Å². The van der Waals surface area contributed by atoms with Crippen LogP contribution in [-0.2, 0) is 16.0 Å². The number of amides is 1. The van der Waals surface area contributed by atoms with E-state index in [1.54, 1.807) is 31.4 Å². The highest BCUT2D eigenvalue weighted by atomic mass is 16.5. The van der Waals surface area contributed by atoms with E-state index < -0.39 is 17.9 Å². The van der Waals surface area contributed by atoms with E-state index in [0.717, 1.165) is 5.56 Å². The van der Waals surface area contributed by atoms with Crippen molar-refractivity contribution in [1.29, 1.82) is 0 Å². The van der Waals surface area contributed by atoms with Crippen molar-refractivity contribution in [3.8, 4) is 11.5 Å². The van der Waals surface area contributed by atoms with Crippen LogP contribution in [0.5, 0.6) is 11.5 Å². The predicted octanol–water partition coefficient (Wildman–Crippen LogP) is 1.89. The Morgan fingerprint density at radius 3 is 2.25 bits per heavy atom. The van der Waals surface area contributed by atoms with Crippen LogP contribution in [0.4, 0.5) is 0 Å². The van der Waals surface area contributed by atoms with Gasteiger partial charge in [0, 0.05) is 6.42 Å². The van der Waals surface area contributed by atoms with E-state index in [1.165, 1.54) is 0 Å². The predicted molar refractivity (Wildman–Crippen MR) is 88.2 cm³/mol. The first-order valence-corrected chi connectivity index (χ1v) is 7.41. The lowest BCUT2D eigenvalue weighted by atomic mass is 10.1. The van der Waals surface area contributed by atoms with E-state index in [0.29, 0.717) is 11.5 Å². The number of carbonyl (C=O) groups is 2. The topological polar surface area (TPSA) is 84.9 Å². The van der Waals surface area contributed by atoms with Crippen molar-refractivity contribution in [2.75, 3.05) is 13.7 Å². The summed E-state index contributed by atoms with van der Waals surface area (Å²) in [7, 11) is 1.56. The molecule has 0 aliphatic carbocycles. The van der Waals surface area contributed by atoms with Gasteiger partial charge < -0.3 is 19.9 Å². The van der Waals surface area contributed by atoms with Gasteiger partial charge in [0.15, 0.2) is 6.61 Å². The van der Waals surface area contributed by atoms with Gasteiger partial charge in [-0.2, -0.15) is 0 Å². The largest absolute Gasteiger partial charge is 0.497 e. The number of benzene rings is 2. The third kappa shape index (κ3) is 5.31. The first-order chi connectivity index (χ1) is 11.6. The molecule has 6 heteroatoms. The Balaban J connectivity index is 1.87. The summed E-state index contributed by atoms with van der Waals surface area (Å²) < 4.78 is 10.4. The first kappa shape index (κ1) is 17.3. The highest BCUT2D eigenvalue weighted by molar-refractivity contribution is 5.84. The van der Waals surface area contributed by atoms with Gasteiger partial charge >= 0.3 is 5.97 Å². The Hall–Kier alpha value is -3.02. The second kappa shape index (κ2) is 8.57. The number of methoxy groups -OCH3 is 1. The maximum Gasteiger partial charge on any atom is 0.326 e. The molecule has 0 heterocycles. The Morgan fingerprint density at radius 2 is 1.67 bits per heavy atom. The standard InChI is InChI=1S/C18H19NO5/c1-23-14-7-9-15(10-8-14)24-12-17(20)19-16(18(21)22)11-13-5-3-2-4-6-13/h2-10,16H,11-12H2,1H3,(H,19,20)(H,21,22)/t16-/m1/s1. The van der Waals surface area contributed by atoms with Gasteiger partial charge in [0.2, 0.25) is 0 Å². The van der Waals surface area contributed by atoms with Gasteiger partial charge in [0.25, 0.3) is 5.91 Å². The summed E-state index contributed by atoms with van der Waals surface area (Å²) in [6.07, 6.45) is 0.213. The quantitative estimate of drug-likeness (QED) is 0.772. The van der Waals surface area contributed by atoms with Crippen LogP contribution in [0, 0.1) is 0 Å². The fourth-order valence-electron chi connectivity index (χ4n) is 2.11. The summed E-state index contributed by atoms with van der Waals surface area (Å²) in [5.74, 6) is -0.396. The Labute approximate surface area is 140 Å². The molecule has 0 spiro atoms. The van der Waals surface area contributed by atoms with Gasteiger partial charge in [-0.25, -0.2) is 4.79 Å². The zero-order valence-electron chi connectivity index (χ0n) is 13.3. The minimum Gasteiger partial charge on any atom is -0.497 e. The van der Waals surface area contributed by atoms with Crippen LogP contribution in [0.25, 0.3) is 0 Å². The van der Waals surface area contributed by atoms with Gasteiger partial charge in [-0.15, -0.1) is 0 Å².